The second-order valence-electron chi connectivity index (χ2n) is 3.19. The molecule has 0 spiro atoms. The molecule has 0 unspecified atom stereocenters. The third-order valence-electron chi connectivity index (χ3n) is 2.21. The van der Waals surface area contributed by atoms with Gasteiger partial charge in [0.15, 0.2) is 0 Å². The lowest BCUT2D eigenvalue weighted by atomic mass is 10.1. The van der Waals surface area contributed by atoms with E-state index in [9.17, 15) is 16.8 Å². The minimum Gasteiger partial charge on any atom is -0.284 e. The normalized spacial score (nSPS) is 13.3. The summed E-state index contributed by atoms with van der Waals surface area (Å²) in [7, 11) is -10.3. The van der Waals surface area contributed by atoms with Gasteiger partial charge < -0.3 is 0 Å². The molecule has 1 aromatic carbocycles. The van der Waals surface area contributed by atoms with Crippen molar-refractivity contribution in [2.24, 2.45) is 0 Å². The standard InChI is InChI=1S/C9H10O6S2/c1-2-9(16(10,11)12,17(13,14)15)8-6-4-3-5-7-8/h2-7H,1H2,(H,10,11,12)(H,13,14,15). The van der Waals surface area contributed by atoms with Crippen LogP contribution in [0.25, 0.3) is 0 Å². The van der Waals surface area contributed by atoms with Gasteiger partial charge in [0.1, 0.15) is 0 Å². The lowest BCUT2D eigenvalue weighted by Crippen LogP contribution is -2.41. The van der Waals surface area contributed by atoms with E-state index in [4.69, 9.17) is 9.11 Å². The number of benzene rings is 1. The van der Waals surface area contributed by atoms with Crippen molar-refractivity contribution >= 4 is 20.2 Å². The minimum absolute atomic E-state index is 0.319. The third kappa shape index (κ3) is 2.12. The van der Waals surface area contributed by atoms with Crippen LogP contribution in [0.3, 0.4) is 0 Å². The molecule has 8 heteroatoms. The van der Waals surface area contributed by atoms with Gasteiger partial charge in [0, 0.05) is 0 Å². The lowest BCUT2D eigenvalue weighted by molar-refractivity contribution is 0.440. The summed E-state index contributed by atoms with van der Waals surface area (Å²) >= 11 is 0. The fourth-order valence-corrected chi connectivity index (χ4v) is 3.78. The molecule has 0 bridgehead atoms. The molecule has 0 fully saturated rings. The average molecular weight is 278 g/mol. The van der Waals surface area contributed by atoms with E-state index in [2.05, 4.69) is 6.58 Å². The summed E-state index contributed by atoms with van der Waals surface area (Å²) in [6.45, 7) is 3.06. The maximum absolute atomic E-state index is 11.3. The average Bonchev–Trinajstić information content (AvgIpc) is 2.16. The van der Waals surface area contributed by atoms with E-state index in [0.29, 0.717) is 6.08 Å². The predicted octanol–water partition coefficient (Wildman–Crippen LogP) is 0.801. The van der Waals surface area contributed by atoms with Crippen molar-refractivity contribution in [1.82, 2.24) is 0 Å². The summed E-state index contributed by atoms with van der Waals surface area (Å²) in [4.78, 5) is 0. The molecule has 0 saturated heterocycles. The highest BCUT2D eigenvalue weighted by molar-refractivity contribution is 8.04. The summed E-state index contributed by atoms with van der Waals surface area (Å²) in [5.74, 6) is 0. The fraction of sp³-hybridized carbons (Fsp3) is 0.111. The van der Waals surface area contributed by atoms with Gasteiger partial charge in [0.2, 0.25) is 0 Å². The number of hydrogen-bond donors (Lipinski definition) is 2. The van der Waals surface area contributed by atoms with Gasteiger partial charge in [-0.1, -0.05) is 36.9 Å². The smallest absolute Gasteiger partial charge is 0.284 e. The van der Waals surface area contributed by atoms with E-state index in [-0.39, 0.29) is 5.56 Å². The van der Waals surface area contributed by atoms with Crippen LogP contribution in [0.2, 0.25) is 0 Å². The van der Waals surface area contributed by atoms with Crippen molar-refractivity contribution in [2.45, 2.75) is 4.08 Å². The predicted molar refractivity (Wildman–Crippen MR) is 61.4 cm³/mol. The summed E-state index contributed by atoms with van der Waals surface area (Å²) < 4.78 is 60.3. The minimum atomic E-state index is -5.14. The quantitative estimate of drug-likeness (QED) is 0.623. The van der Waals surface area contributed by atoms with Crippen molar-refractivity contribution < 1.29 is 25.9 Å². The van der Waals surface area contributed by atoms with Gasteiger partial charge in [-0.05, 0) is 11.6 Å². The van der Waals surface area contributed by atoms with Crippen LogP contribution < -0.4 is 0 Å². The molecule has 1 rings (SSSR count). The molecule has 6 nitrogen and oxygen atoms in total. The van der Waals surface area contributed by atoms with E-state index in [1.54, 1.807) is 0 Å². The highest BCUT2D eigenvalue weighted by Gasteiger charge is 2.53. The fourth-order valence-electron chi connectivity index (χ4n) is 1.43. The first-order chi connectivity index (χ1) is 7.67. The Morgan fingerprint density at radius 3 is 1.71 bits per heavy atom. The van der Waals surface area contributed by atoms with Crippen LogP contribution in [-0.2, 0) is 24.3 Å². The first kappa shape index (κ1) is 13.8. The van der Waals surface area contributed by atoms with E-state index in [1.807, 2.05) is 0 Å². The van der Waals surface area contributed by atoms with Crippen LogP contribution in [-0.4, -0.2) is 25.9 Å². The highest BCUT2D eigenvalue weighted by Crippen LogP contribution is 2.36. The second-order valence-corrected chi connectivity index (χ2v) is 6.63. The second kappa shape index (κ2) is 4.22. The van der Waals surface area contributed by atoms with Crippen LogP contribution in [0, 0.1) is 0 Å². The Balaban J connectivity index is 3.81. The molecule has 0 saturated carbocycles. The first-order valence-electron chi connectivity index (χ1n) is 4.30. The van der Waals surface area contributed by atoms with Crippen LogP contribution in [0.1, 0.15) is 5.56 Å². The van der Waals surface area contributed by atoms with E-state index in [1.165, 1.54) is 18.2 Å². The van der Waals surface area contributed by atoms with E-state index < -0.39 is 24.3 Å². The zero-order valence-electron chi connectivity index (χ0n) is 8.52. The maximum atomic E-state index is 11.3. The molecule has 0 amide bonds. The van der Waals surface area contributed by atoms with Crippen LogP contribution in [0.15, 0.2) is 43.0 Å². The molecule has 94 valence electrons. The molecule has 17 heavy (non-hydrogen) atoms. The molecular weight excluding hydrogens is 268 g/mol. The molecule has 0 aliphatic rings. The molecule has 0 heterocycles. The Kier molecular flexibility index (Phi) is 3.44. The topological polar surface area (TPSA) is 109 Å². The van der Waals surface area contributed by atoms with Crippen LogP contribution in [0.5, 0.6) is 0 Å². The van der Waals surface area contributed by atoms with Crippen LogP contribution in [0.4, 0.5) is 0 Å². The Bertz CT molecular complexity index is 583. The van der Waals surface area contributed by atoms with Gasteiger partial charge in [-0.2, -0.15) is 16.8 Å². The largest absolute Gasteiger partial charge is 0.295 e. The molecule has 1 aromatic rings. The molecule has 0 radical (unpaired) electrons. The van der Waals surface area contributed by atoms with Gasteiger partial charge in [0.05, 0.1) is 0 Å². The molecule has 0 aromatic heterocycles. The molecular formula is C9H10O6S2. The van der Waals surface area contributed by atoms with Gasteiger partial charge in [-0.3, -0.25) is 9.11 Å². The SMILES string of the molecule is C=CC(c1ccccc1)(S(=O)(=O)O)S(=O)(=O)O. The van der Waals surface area contributed by atoms with Gasteiger partial charge in [0.25, 0.3) is 24.3 Å². The molecule has 2 N–H and O–H groups in total. The Hall–Kier alpha value is -1.22. The number of hydrogen-bond acceptors (Lipinski definition) is 4. The number of rotatable bonds is 4. The Morgan fingerprint density at radius 1 is 1.00 bits per heavy atom. The van der Waals surface area contributed by atoms with Crippen molar-refractivity contribution in [2.75, 3.05) is 0 Å². The summed E-state index contributed by atoms with van der Waals surface area (Å²) in [6.07, 6.45) is 0.465. The van der Waals surface area contributed by atoms with Crippen molar-refractivity contribution in [3.8, 4) is 0 Å². The zero-order chi connectivity index (χ0) is 13.3. The third-order valence-corrected chi connectivity index (χ3v) is 5.81. The molecule has 0 atom stereocenters. The van der Waals surface area contributed by atoms with Crippen molar-refractivity contribution in [3.05, 3.63) is 48.6 Å². The van der Waals surface area contributed by atoms with Crippen molar-refractivity contribution in [3.63, 3.8) is 0 Å². The Labute approximate surface area is 99.1 Å². The highest BCUT2D eigenvalue weighted by atomic mass is 32.3. The molecule has 0 aliphatic carbocycles. The summed E-state index contributed by atoms with van der Waals surface area (Å²) in [5.41, 5.74) is -0.319. The summed E-state index contributed by atoms with van der Waals surface area (Å²) in [5, 5.41) is 0. The maximum Gasteiger partial charge on any atom is 0.295 e. The summed E-state index contributed by atoms with van der Waals surface area (Å²) in [6, 6.07) is 6.53. The van der Waals surface area contributed by atoms with Crippen LogP contribution >= 0.6 is 0 Å². The van der Waals surface area contributed by atoms with Gasteiger partial charge in [-0.15, -0.1) is 0 Å². The van der Waals surface area contributed by atoms with Crippen molar-refractivity contribution in [1.29, 1.82) is 0 Å². The van der Waals surface area contributed by atoms with E-state index in [0.717, 1.165) is 12.1 Å². The lowest BCUT2D eigenvalue weighted by Gasteiger charge is -2.23. The zero-order valence-corrected chi connectivity index (χ0v) is 10.1. The van der Waals surface area contributed by atoms with E-state index >= 15 is 0 Å². The van der Waals surface area contributed by atoms with Gasteiger partial charge >= 0.3 is 0 Å². The Morgan fingerprint density at radius 2 is 1.41 bits per heavy atom. The monoisotopic (exact) mass is 278 g/mol. The first-order valence-corrected chi connectivity index (χ1v) is 7.18. The molecule has 0 aliphatic heterocycles. The van der Waals surface area contributed by atoms with Gasteiger partial charge in [-0.25, -0.2) is 0 Å².